The van der Waals surface area contributed by atoms with E-state index in [2.05, 4.69) is 10.2 Å². The first-order chi connectivity index (χ1) is 13.1. The van der Waals surface area contributed by atoms with E-state index in [0.29, 0.717) is 28.6 Å². The molecule has 27 heavy (non-hydrogen) atoms. The molecule has 1 aromatic rings. The highest BCUT2D eigenvalue weighted by molar-refractivity contribution is 6.33. The number of nitrogen functional groups attached to an aromatic ring is 1. The van der Waals surface area contributed by atoms with Gasteiger partial charge >= 0.3 is 0 Å². The first kappa shape index (κ1) is 20.2. The zero-order valence-electron chi connectivity index (χ0n) is 16.1. The molecule has 1 aliphatic heterocycles. The van der Waals surface area contributed by atoms with Crippen LogP contribution >= 0.6 is 11.6 Å². The van der Waals surface area contributed by atoms with Gasteiger partial charge in [0.25, 0.3) is 5.91 Å². The summed E-state index contributed by atoms with van der Waals surface area (Å²) in [5, 5.41) is 3.41. The monoisotopic (exact) mass is 395 g/mol. The molecular formula is C20H30ClN3O3. The second-order valence-electron chi connectivity index (χ2n) is 7.46. The average molecular weight is 396 g/mol. The fraction of sp³-hybridized carbons (Fsp3) is 0.650. The average Bonchev–Trinajstić information content (AvgIpc) is 2.71. The Hall–Kier alpha value is -1.50. The summed E-state index contributed by atoms with van der Waals surface area (Å²) < 4.78 is 10.8. The van der Waals surface area contributed by atoms with Gasteiger partial charge in [0, 0.05) is 31.2 Å². The standard InChI is InChI=1S/C20H30ClN3O3/c1-26-18-14-17(22)16(21)13-15(18)19(25)23-8-7-20(5-3-2-4-6-20)24-9-11-27-12-10-24/h13-14H,2-12,22H2,1H3,(H,23,25). The highest BCUT2D eigenvalue weighted by atomic mass is 35.5. The Morgan fingerprint density at radius 1 is 1.30 bits per heavy atom. The largest absolute Gasteiger partial charge is 0.496 e. The van der Waals surface area contributed by atoms with Gasteiger partial charge in [0.2, 0.25) is 0 Å². The van der Waals surface area contributed by atoms with Crippen molar-refractivity contribution in [1.29, 1.82) is 0 Å². The molecule has 1 saturated heterocycles. The molecule has 6 nitrogen and oxygen atoms in total. The smallest absolute Gasteiger partial charge is 0.255 e. The Kier molecular flexibility index (Phi) is 6.84. The van der Waals surface area contributed by atoms with Crippen LogP contribution in [-0.4, -0.2) is 56.3 Å². The molecule has 1 aliphatic carbocycles. The Balaban J connectivity index is 1.64. The summed E-state index contributed by atoms with van der Waals surface area (Å²) in [5.74, 6) is 0.261. The van der Waals surface area contributed by atoms with Crippen LogP contribution in [0.2, 0.25) is 5.02 Å². The molecule has 0 atom stereocenters. The molecule has 1 amide bonds. The number of nitrogens with one attached hydrogen (secondary N) is 1. The Morgan fingerprint density at radius 3 is 2.67 bits per heavy atom. The number of amides is 1. The molecule has 0 aromatic heterocycles. The second kappa shape index (κ2) is 9.13. The van der Waals surface area contributed by atoms with Crippen molar-refractivity contribution in [2.75, 3.05) is 45.7 Å². The summed E-state index contributed by atoms with van der Waals surface area (Å²) in [6.07, 6.45) is 7.16. The van der Waals surface area contributed by atoms with Crippen LogP contribution in [0.1, 0.15) is 48.9 Å². The number of nitrogens with two attached hydrogens (primary N) is 1. The highest BCUT2D eigenvalue weighted by Gasteiger charge is 2.38. The highest BCUT2D eigenvalue weighted by Crippen LogP contribution is 2.37. The molecule has 3 N–H and O–H groups in total. The molecule has 1 saturated carbocycles. The van der Waals surface area contributed by atoms with Crippen LogP contribution in [-0.2, 0) is 4.74 Å². The number of ether oxygens (including phenoxy) is 2. The molecule has 1 aromatic carbocycles. The predicted molar refractivity (Wildman–Crippen MR) is 108 cm³/mol. The minimum absolute atomic E-state index is 0.179. The molecule has 7 heteroatoms. The van der Waals surface area contributed by atoms with E-state index in [1.54, 1.807) is 12.1 Å². The zero-order chi connectivity index (χ0) is 19.3. The van der Waals surface area contributed by atoms with Crippen LogP contribution in [0, 0.1) is 0 Å². The molecule has 1 heterocycles. The van der Waals surface area contributed by atoms with E-state index < -0.39 is 0 Å². The van der Waals surface area contributed by atoms with Gasteiger partial charge < -0.3 is 20.5 Å². The van der Waals surface area contributed by atoms with Gasteiger partial charge in [-0.1, -0.05) is 30.9 Å². The van der Waals surface area contributed by atoms with Crippen molar-refractivity contribution in [1.82, 2.24) is 10.2 Å². The number of rotatable bonds is 6. The quantitative estimate of drug-likeness (QED) is 0.724. The number of nitrogens with zero attached hydrogens (tertiary/aromatic N) is 1. The van der Waals surface area contributed by atoms with E-state index in [4.69, 9.17) is 26.8 Å². The van der Waals surface area contributed by atoms with Gasteiger partial charge in [0.15, 0.2) is 0 Å². The number of halogens is 1. The molecule has 0 bridgehead atoms. The van der Waals surface area contributed by atoms with Crippen LogP contribution < -0.4 is 15.8 Å². The van der Waals surface area contributed by atoms with E-state index in [-0.39, 0.29) is 11.4 Å². The first-order valence-corrected chi connectivity index (χ1v) is 10.2. The zero-order valence-corrected chi connectivity index (χ0v) is 16.8. The van der Waals surface area contributed by atoms with E-state index >= 15 is 0 Å². The number of benzene rings is 1. The summed E-state index contributed by atoms with van der Waals surface area (Å²) in [6.45, 7) is 4.19. The van der Waals surface area contributed by atoms with Crippen molar-refractivity contribution >= 4 is 23.2 Å². The van der Waals surface area contributed by atoms with Crippen LogP contribution in [0.25, 0.3) is 0 Å². The van der Waals surface area contributed by atoms with Crippen molar-refractivity contribution in [3.05, 3.63) is 22.7 Å². The van der Waals surface area contributed by atoms with Crippen molar-refractivity contribution in [2.45, 2.75) is 44.1 Å². The molecular weight excluding hydrogens is 366 g/mol. The van der Waals surface area contributed by atoms with E-state index in [1.165, 1.54) is 39.2 Å². The molecule has 0 spiro atoms. The number of morpholine rings is 1. The summed E-state index contributed by atoms with van der Waals surface area (Å²) in [5.41, 5.74) is 6.80. The van der Waals surface area contributed by atoms with Gasteiger partial charge in [0.1, 0.15) is 5.75 Å². The van der Waals surface area contributed by atoms with Gasteiger partial charge in [-0.05, 0) is 25.3 Å². The van der Waals surface area contributed by atoms with Gasteiger partial charge in [-0.15, -0.1) is 0 Å². The van der Waals surface area contributed by atoms with Crippen LogP contribution in [0.3, 0.4) is 0 Å². The third-order valence-corrected chi connectivity index (χ3v) is 6.23. The summed E-state index contributed by atoms with van der Waals surface area (Å²) >= 11 is 6.09. The lowest BCUT2D eigenvalue weighted by atomic mass is 9.77. The maximum absolute atomic E-state index is 12.7. The Labute approximate surface area is 166 Å². The number of carbonyl (C=O) groups excluding carboxylic acids is 1. The van der Waals surface area contributed by atoms with E-state index in [1.807, 2.05) is 0 Å². The third kappa shape index (κ3) is 4.68. The van der Waals surface area contributed by atoms with E-state index in [0.717, 1.165) is 32.7 Å². The first-order valence-electron chi connectivity index (χ1n) is 9.80. The lowest BCUT2D eigenvalue weighted by molar-refractivity contribution is -0.0406. The lowest BCUT2D eigenvalue weighted by Gasteiger charge is -2.48. The molecule has 0 unspecified atom stereocenters. The normalized spacial score (nSPS) is 20.2. The molecule has 150 valence electrons. The Bertz CT molecular complexity index is 656. The topological polar surface area (TPSA) is 76.8 Å². The Morgan fingerprint density at radius 2 is 2.00 bits per heavy atom. The fourth-order valence-electron chi connectivity index (χ4n) is 4.39. The van der Waals surface area contributed by atoms with E-state index in [9.17, 15) is 4.79 Å². The molecule has 2 aliphatic rings. The number of hydrogen-bond donors (Lipinski definition) is 2. The van der Waals surface area contributed by atoms with Crippen LogP contribution in [0.15, 0.2) is 12.1 Å². The minimum atomic E-state index is -0.179. The number of methoxy groups -OCH3 is 1. The maximum Gasteiger partial charge on any atom is 0.255 e. The predicted octanol–water partition coefficient (Wildman–Crippen LogP) is 3.09. The fourth-order valence-corrected chi connectivity index (χ4v) is 4.55. The molecule has 2 fully saturated rings. The number of carbonyl (C=O) groups is 1. The lowest BCUT2D eigenvalue weighted by Crippen LogP contribution is -2.55. The van der Waals surface area contributed by atoms with Gasteiger partial charge in [-0.3, -0.25) is 9.69 Å². The maximum atomic E-state index is 12.7. The number of hydrogen-bond acceptors (Lipinski definition) is 5. The second-order valence-corrected chi connectivity index (χ2v) is 7.87. The van der Waals surface area contributed by atoms with Crippen LogP contribution in [0.4, 0.5) is 5.69 Å². The van der Waals surface area contributed by atoms with Crippen molar-refractivity contribution in [3.63, 3.8) is 0 Å². The van der Waals surface area contributed by atoms with Gasteiger partial charge in [0.05, 0.1) is 36.6 Å². The molecule has 3 rings (SSSR count). The molecule has 0 radical (unpaired) electrons. The minimum Gasteiger partial charge on any atom is -0.496 e. The van der Waals surface area contributed by atoms with Gasteiger partial charge in [-0.25, -0.2) is 0 Å². The van der Waals surface area contributed by atoms with Crippen molar-refractivity contribution < 1.29 is 14.3 Å². The summed E-state index contributed by atoms with van der Waals surface area (Å²) in [4.78, 5) is 15.3. The van der Waals surface area contributed by atoms with Crippen molar-refractivity contribution in [2.24, 2.45) is 0 Å². The third-order valence-electron chi connectivity index (χ3n) is 5.91. The summed E-state index contributed by atoms with van der Waals surface area (Å²) in [7, 11) is 1.52. The van der Waals surface area contributed by atoms with Gasteiger partial charge in [-0.2, -0.15) is 0 Å². The SMILES string of the molecule is COc1cc(N)c(Cl)cc1C(=O)NCCC1(N2CCOCC2)CCCCC1. The summed E-state index contributed by atoms with van der Waals surface area (Å²) in [6, 6.07) is 3.16. The number of anilines is 1. The van der Waals surface area contributed by atoms with Crippen LogP contribution in [0.5, 0.6) is 5.75 Å². The van der Waals surface area contributed by atoms with Crippen molar-refractivity contribution in [3.8, 4) is 5.75 Å².